The van der Waals surface area contributed by atoms with Gasteiger partial charge in [-0.05, 0) is 47.4 Å². The van der Waals surface area contributed by atoms with Crippen LogP contribution in [0.15, 0.2) is 30.6 Å². The lowest BCUT2D eigenvalue weighted by atomic mass is 9.90. The number of carbonyl (C=O) groups is 1. The van der Waals surface area contributed by atoms with Crippen molar-refractivity contribution in [2.45, 2.75) is 39.2 Å². The van der Waals surface area contributed by atoms with Crippen LogP contribution in [0.4, 0.5) is 0 Å². The van der Waals surface area contributed by atoms with E-state index in [1.807, 2.05) is 31.2 Å². The van der Waals surface area contributed by atoms with E-state index < -0.39 is 0 Å². The van der Waals surface area contributed by atoms with Gasteiger partial charge in [-0.25, -0.2) is 4.68 Å². The summed E-state index contributed by atoms with van der Waals surface area (Å²) in [6.07, 6.45) is 2.71. The minimum atomic E-state index is -0.364. The number of hydrogen-bond donors (Lipinski definition) is 2. The van der Waals surface area contributed by atoms with Crippen molar-refractivity contribution in [3.63, 3.8) is 0 Å². The molecule has 24 heavy (non-hydrogen) atoms. The highest BCUT2D eigenvalue weighted by atomic mass is 35.5. The lowest BCUT2D eigenvalue weighted by Gasteiger charge is -2.31. The zero-order valence-corrected chi connectivity index (χ0v) is 15.1. The second-order valence-corrected chi connectivity index (χ2v) is 6.51. The van der Waals surface area contributed by atoms with Gasteiger partial charge in [0, 0.05) is 12.1 Å². The molecule has 0 aliphatic carbocycles. The van der Waals surface area contributed by atoms with Crippen molar-refractivity contribution in [1.29, 1.82) is 0 Å². The van der Waals surface area contributed by atoms with Gasteiger partial charge in [0.2, 0.25) is 5.91 Å². The van der Waals surface area contributed by atoms with Crippen molar-refractivity contribution >= 4 is 18.3 Å². The van der Waals surface area contributed by atoms with Crippen molar-refractivity contribution in [3.05, 3.63) is 36.2 Å². The fourth-order valence-electron chi connectivity index (χ4n) is 2.70. The Morgan fingerprint density at radius 1 is 1.33 bits per heavy atom. The summed E-state index contributed by atoms with van der Waals surface area (Å²) in [6.45, 7) is 6.66. The maximum atomic E-state index is 12.3. The molecule has 0 radical (unpaired) electrons. The van der Waals surface area contributed by atoms with Gasteiger partial charge >= 0.3 is 0 Å². The molecule has 0 bridgehead atoms. The van der Waals surface area contributed by atoms with Crippen molar-refractivity contribution in [2.75, 3.05) is 6.54 Å². The summed E-state index contributed by atoms with van der Waals surface area (Å²) in [5.41, 5.74) is 7.26. The van der Waals surface area contributed by atoms with Gasteiger partial charge in [0.05, 0.1) is 12.1 Å². The van der Waals surface area contributed by atoms with Gasteiger partial charge in [-0.1, -0.05) is 26.0 Å². The number of aromatic nitrogens is 4. The van der Waals surface area contributed by atoms with E-state index in [9.17, 15) is 4.79 Å². The average molecular weight is 353 g/mol. The van der Waals surface area contributed by atoms with Crippen LogP contribution in [-0.2, 0) is 11.2 Å². The highest BCUT2D eigenvalue weighted by Crippen LogP contribution is 2.16. The number of carbonyl (C=O) groups excluding carboxylic acids is 1. The third-order valence-corrected chi connectivity index (χ3v) is 3.67. The van der Waals surface area contributed by atoms with Gasteiger partial charge in [-0.3, -0.25) is 4.79 Å². The van der Waals surface area contributed by atoms with Crippen LogP contribution in [0.5, 0.6) is 0 Å². The zero-order chi connectivity index (χ0) is 16.9. The summed E-state index contributed by atoms with van der Waals surface area (Å²) in [4.78, 5) is 12.3. The van der Waals surface area contributed by atoms with Crippen LogP contribution in [0.3, 0.4) is 0 Å². The normalized spacial score (nSPS) is 13.2. The van der Waals surface area contributed by atoms with E-state index in [2.05, 4.69) is 34.7 Å². The number of nitrogens with two attached hydrogens (primary N) is 1. The number of rotatable bonds is 7. The number of hydrogen-bond acceptors (Lipinski definition) is 5. The van der Waals surface area contributed by atoms with E-state index in [1.54, 1.807) is 4.68 Å². The van der Waals surface area contributed by atoms with Crippen LogP contribution in [0, 0.1) is 5.92 Å². The summed E-state index contributed by atoms with van der Waals surface area (Å²) < 4.78 is 1.57. The summed E-state index contributed by atoms with van der Waals surface area (Å²) in [6, 6.07) is 7.57. The standard InChI is InChI=1S/C16H24N6O.ClH/c1-12(2)9-16(3,10-17)19-15(23)8-13-4-6-14(7-5-13)22-11-18-20-21-22;/h4-7,11-12H,8-10,17H2,1-3H3,(H,19,23);1H. The van der Waals surface area contributed by atoms with Crippen LogP contribution in [0.1, 0.15) is 32.8 Å². The van der Waals surface area contributed by atoms with E-state index in [1.165, 1.54) is 6.33 Å². The minimum absolute atomic E-state index is 0. The molecule has 3 N–H and O–H groups in total. The number of benzene rings is 1. The highest BCUT2D eigenvalue weighted by Gasteiger charge is 2.25. The van der Waals surface area contributed by atoms with E-state index >= 15 is 0 Å². The molecule has 2 aromatic rings. The number of halogens is 1. The molecule has 1 atom stereocenters. The fourth-order valence-corrected chi connectivity index (χ4v) is 2.70. The maximum absolute atomic E-state index is 12.3. The Morgan fingerprint density at radius 3 is 2.50 bits per heavy atom. The first-order chi connectivity index (χ1) is 10.9. The Kier molecular flexibility index (Phi) is 7.31. The van der Waals surface area contributed by atoms with E-state index in [-0.39, 0.29) is 23.9 Å². The first-order valence-corrected chi connectivity index (χ1v) is 7.75. The molecule has 1 amide bonds. The first kappa shape index (κ1) is 20.1. The number of amides is 1. The Hall–Kier alpha value is -1.99. The fraction of sp³-hybridized carbons (Fsp3) is 0.500. The van der Waals surface area contributed by atoms with E-state index in [0.717, 1.165) is 17.7 Å². The molecule has 1 aromatic carbocycles. The van der Waals surface area contributed by atoms with Crippen LogP contribution in [0.25, 0.3) is 5.69 Å². The van der Waals surface area contributed by atoms with E-state index in [4.69, 9.17) is 5.73 Å². The van der Waals surface area contributed by atoms with Crippen LogP contribution in [0.2, 0.25) is 0 Å². The van der Waals surface area contributed by atoms with Gasteiger partial charge in [0.15, 0.2) is 0 Å². The highest BCUT2D eigenvalue weighted by molar-refractivity contribution is 5.85. The largest absolute Gasteiger partial charge is 0.349 e. The van der Waals surface area contributed by atoms with Crippen molar-refractivity contribution in [1.82, 2.24) is 25.5 Å². The quantitative estimate of drug-likeness (QED) is 0.786. The van der Waals surface area contributed by atoms with Crippen LogP contribution < -0.4 is 11.1 Å². The molecule has 0 spiro atoms. The Balaban J connectivity index is 0.00000288. The van der Waals surface area contributed by atoms with Gasteiger partial charge in [-0.15, -0.1) is 17.5 Å². The molecule has 1 unspecified atom stereocenters. The smallest absolute Gasteiger partial charge is 0.224 e. The van der Waals surface area contributed by atoms with Crippen molar-refractivity contribution in [3.8, 4) is 5.69 Å². The molecular formula is C16H25ClN6O. The first-order valence-electron chi connectivity index (χ1n) is 7.75. The molecular weight excluding hydrogens is 328 g/mol. The van der Waals surface area contributed by atoms with Crippen molar-refractivity contribution < 1.29 is 4.79 Å². The number of nitrogens with zero attached hydrogens (tertiary/aromatic N) is 4. The molecule has 0 aliphatic rings. The van der Waals surface area contributed by atoms with E-state index in [0.29, 0.717) is 18.9 Å². The number of tetrazole rings is 1. The molecule has 7 nitrogen and oxygen atoms in total. The van der Waals surface area contributed by atoms with Crippen LogP contribution in [-0.4, -0.2) is 38.2 Å². The molecule has 1 aromatic heterocycles. The van der Waals surface area contributed by atoms with Gasteiger partial charge < -0.3 is 11.1 Å². The monoisotopic (exact) mass is 352 g/mol. The maximum Gasteiger partial charge on any atom is 0.224 e. The molecule has 8 heteroatoms. The molecule has 0 aliphatic heterocycles. The zero-order valence-electron chi connectivity index (χ0n) is 14.3. The Bertz CT molecular complexity index is 629. The number of nitrogens with one attached hydrogen (secondary N) is 1. The molecule has 0 saturated heterocycles. The Morgan fingerprint density at radius 2 is 2.00 bits per heavy atom. The third kappa shape index (κ3) is 5.58. The summed E-state index contributed by atoms with van der Waals surface area (Å²) >= 11 is 0. The molecule has 2 rings (SSSR count). The lowest BCUT2D eigenvalue weighted by Crippen LogP contribution is -2.52. The molecule has 1 heterocycles. The second-order valence-electron chi connectivity index (χ2n) is 6.51. The van der Waals surface area contributed by atoms with Gasteiger partial charge in [0.1, 0.15) is 6.33 Å². The topological polar surface area (TPSA) is 98.7 Å². The molecule has 0 fully saturated rings. The van der Waals surface area contributed by atoms with Gasteiger partial charge in [0.25, 0.3) is 0 Å². The molecule has 132 valence electrons. The summed E-state index contributed by atoms with van der Waals surface area (Å²) in [7, 11) is 0. The summed E-state index contributed by atoms with van der Waals surface area (Å²) in [5.74, 6) is 0.452. The van der Waals surface area contributed by atoms with Crippen LogP contribution >= 0.6 is 12.4 Å². The predicted molar refractivity (Wildman–Crippen MR) is 95.2 cm³/mol. The average Bonchev–Trinajstić information content (AvgIpc) is 3.01. The third-order valence-electron chi connectivity index (χ3n) is 3.67. The van der Waals surface area contributed by atoms with Gasteiger partial charge in [-0.2, -0.15) is 0 Å². The molecule has 0 saturated carbocycles. The van der Waals surface area contributed by atoms with Crippen molar-refractivity contribution in [2.24, 2.45) is 11.7 Å². The lowest BCUT2D eigenvalue weighted by molar-refractivity contribution is -0.122. The summed E-state index contributed by atoms with van der Waals surface area (Å²) in [5, 5.41) is 14.1. The second kappa shape index (κ2) is 8.75. The minimum Gasteiger partial charge on any atom is -0.349 e. The Labute approximate surface area is 148 Å². The SMILES string of the molecule is CC(C)CC(C)(CN)NC(=O)Cc1ccc(-n2cnnn2)cc1.Cl. The predicted octanol–water partition coefficient (Wildman–Crippen LogP) is 1.51.